The Balaban J connectivity index is 1.78. The predicted molar refractivity (Wildman–Crippen MR) is 79.8 cm³/mol. The van der Waals surface area contributed by atoms with Crippen LogP contribution in [-0.4, -0.2) is 21.9 Å². The molecule has 0 spiro atoms. The van der Waals surface area contributed by atoms with Crippen LogP contribution in [0.25, 0.3) is 0 Å². The lowest BCUT2D eigenvalue weighted by Crippen LogP contribution is -2.41. The van der Waals surface area contributed by atoms with E-state index in [1.165, 1.54) is 5.56 Å². The van der Waals surface area contributed by atoms with Gasteiger partial charge in [0.2, 0.25) is 0 Å². The van der Waals surface area contributed by atoms with Crippen LogP contribution in [0.1, 0.15) is 39.0 Å². The number of carbonyl (C=O) groups is 1. The minimum atomic E-state index is -0.170. The van der Waals surface area contributed by atoms with Crippen molar-refractivity contribution in [3.8, 4) is 0 Å². The molecule has 3 rings (SSSR count). The van der Waals surface area contributed by atoms with E-state index in [2.05, 4.69) is 21.4 Å². The fraction of sp³-hybridized carbons (Fsp3) is 0.312. The quantitative estimate of drug-likeness (QED) is 0.873. The molecule has 1 aromatic heterocycles. The minimum Gasteiger partial charge on any atom is -0.347 e. The summed E-state index contributed by atoms with van der Waals surface area (Å²) in [5, 5.41) is 3.01. The smallest absolute Gasteiger partial charge is 0.254 e. The van der Waals surface area contributed by atoms with E-state index >= 15 is 0 Å². The third kappa shape index (κ3) is 2.52. The second-order valence-electron chi connectivity index (χ2n) is 5.42. The van der Waals surface area contributed by atoms with E-state index < -0.39 is 0 Å². The number of hydrogen-bond acceptors (Lipinski definition) is 4. The zero-order valence-corrected chi connectivity index (χ0v) is 12.1. The summed E-state index contributed by atoms with van der Waals surface area (Å²) in [6, 6.07) is 7.79. The average molecular weight is 282 g/mol. The Morgan fingerprint density at radius 1 is 1.33 bits per heavy atom. The fourth-order valence-electron chi connectivity index (χ4n) is 2.82. The van der Waals surface area contributed by atoms with E-state index in [4.69, 9.17) is 5.73 Å². The molecule has 0 aliphatic heterocycles. The van der Waals surface area contributed by atoms with Crippen LogP contribution < -0.4 is 11.1 Å². The Morgan fingerprint density at radius 3 is 2.81 bits per heavy atom. The zero-order chi connectivity index (χ0) is 15.0. The van der Waals surface area contributed by atoms with Gasteiger partial charge in [0, 0.05) is 6.20 Å². The molecule has 0 saturated heterocycles. The summed E-state index contributed by atoms with van der Waals surface area (Å²) in [4.78, 5) is 20.7. The van der Waals surface area contributed by atoms with Crippen LogP contribution in [0.2, 0.25) is 0 Å². The summed E-state index contributed by atoms with van der Waals surface area (Å²) >= 11 is 0. The molecule has 108 valence electrons. The lowest BCUT2D eigenvalue weighted by atomic mass is 10.1. The van der Waals surface area contributed by atoms with E-state index in [1.54, 1.807) is 13.1 Å². The Labute approximate surface area is 123 Å². The van der Waals surface area contributed by atoms with E-state index in [0.29, 0.717) is 17.1 Å². The van der Waals surface area contributed by atoms with Crippen molar-refractivity contribution in [2.45, 2.75) is 32.4 Å². The Kier molecular flexibility index (Phi) is 3.43. The molecule has 2 aromatic rings. The Hall–Kier alpha value is -2.27. The molecule has 0 unspecified atom stereocenters. The first-order valence-corrected chi connectivity index (χ1v) is 7.00. The Morgan fingerprint density at radius 2 is 2.10 bits per heavy atom. The van der Waals surface area contributed by atoms with Gasteiger partial charge in [0.1, 0.15) is 5.82 Å². The van der Waals surface area contributed by atoms with E-state index in [9.17, 15) is 4.79 Å². The van der Waals surface area contributed by atoms with Gasteiger partial charge in [0.15, 0.2) is 0 Å². The summed E-state index contributed by atoms with van der Waals surface area (Å²) in [5.74, 6) is 0.495. The molecular formula is C16H18N4O. The second-order valence-corrected chi connectivity index (χ2v) is 5.42. The number of fused-ring (bicyclic) bond motifs is 1. The first kappa shape index (κ1) is 13.7. The molecule has 0 bridgehead atoms. The number of hydrogen-bond donors (Lipinski definition) is 2. The largest absolute Gasteiger partial charge is 0.347 e. The minimum absolute atomic E-state index is 0.0874. The van der Waals surface area contributed by atoms with Gasteiger partial charge in [0.25, 0.3) is 5.91 Å². The van der Waals surface area contributed by atoms with Gasteiger partial charge in [-0.3, -0.25) is 4.79 Å². The van der Waals surface area contributed by atoms with Crippen LogP contribution >= 0.6 is 0 Å². The lowest BCUT2D eigenvalue weighted by molar-refractivity contribution is 0.0932. The van der Waals surface area contributed by atoms with Gasteiger partial charge >= 0.3 is 0 Å². The van der Waals surface area contributed by atoms with Gasteiger partial charge < -0.3 is 11.1 Å². The highest BCUT2D eigenvalue weighted by Gasteiger charge is 2.30. The fourth-order valence-corrected chi connectivity index (χ4v) is 2.82. The molecule has 3 N–H and O–H groups in total. The topological polar surface area (TPSA) is 80.9 Å². The second kappa shape index (κ2) is 5.26. The third-order valence-corrected chi connectivity index (χ3v) is 3.95. The molecule has 5 nitrogen and oxygen atoms in total. The highest BCUT2D eigenvalue weighted by Crippen LogP contribution is 2.29. The van der Waals surface area contributed by atoms with Crippen LogP contribution in [0.5, 0.6) is 0 Å². The number of carbonyl (C=O) groups excluding carboxylic acids is 1. The third-order valence-electron chi connectivity index (χ3n) is 3.95. The molecule has 1 aromatic carbocycles. The SMILES string of the molecule is Cc1ncc(C(=O)N[C@@H]2Cc3ccccc3[C@H]2N)c(C)n1. The maximum atomic E-state index is 12.4. The molecule has 0 fully saturated rings. The average Bonchev–Trinajstić information content (AvgIpc) is 2.76. The highest BCUT2D eigenvalue weighted by atomic mass is 16.1. The number of aryl methyl sites for hydroxylation is 2. The van der Waals surface area contributed by atoms with Crippen molar-refractivity contribution in [2.75, 3.05) is 0 Å². The van der Waals surface area contributed by atoms with Gasteiger partial charge in [0.05, 0.1) is 23.3 Å². The molecule has 1 aliphatic carbocycles. The molecule has 0 saturated carbocycles. The van der Waals surface area contributed by atoms with Gasteiger partial charge in [-0.1, -0.05) is 24.3 Å². The number of benzene rings is 1. The lowest BCUT2D eigenvalue weighted by Gasteiger charge is -2.18. The van der Waals surface area contributed by atoms with Crippen molar-refractivity contribution in [3.05, 3.63) is 58.7 Å². The van der Waals surface area contributed by atoms with Gasteiger partial charge in [-0.25, -0.2) is 9.97 Å². The van der Waals surface area contributed by atoms with Crippen LogP contribution in [0.4, 0.5) is 0 Å². The molecule has 1 aliphatic rings. The van der Waals surface area contributed by atoms with Gasteiger partial charge in [-0.05, 0) is 31.4 Å². The molecule has 1 heterocycles. The first-order chi connectivity index (χ1) is 10.1. The summed E-state index contributed by atoms with van der Waals surface area (Å²) in [6.07, 6.45) is 2.33. The Bertz CT molecular complexity index is 698. The van der Waals surface area contributed by atoms with Crippen LogP contribution in [0.3, 0.4) is 0 Å². The van der Waals surface area contributed by atoms with Crippen molar-refractivity contribution in [1.82, 2.24) is 15.3 Å². The summed E-state index contributed by atoms with van der Waals surface area (Å²) in [7, 11) is 0. The van der Waals surface area contributed by atoms with Crippen LogP contribution in [0, 0.1) is 13.8 Å². The van der Waals surface area contributed by atoms with E-state index in [-0.39, 0.29) is 18.0 Å². The van der Waals surface area contributed by atoms with Crippen LogP contribution in [0.15, 0.2) is 30.5 Å². The van der Waals surface area contributed by atoms with E-state index in [1.807, 2.05) is 25.1 Å². The van der Waals surface area contributed by atoms with Crippen molar-refractivity contribution < 1.29 is 4.79 Å². The molecule has 1 amide bonds. The van der Waals surface area contributed by atoms with Gasteiger partial charge in [-0.2, -0.15) is 0 Å². The van der Waals surface area contributed by atoms with Crippen molar-refractivity contribution >= 4 is 5.91 Å². The summed E-state index contributed by atoms with van der Waals surface area (Å²) in [6.45, 7) is 3.62. The number of nitrogens with zero attached hydrogens (tertiary/aromatic N) is 2. The predicted octanol–water partition coefficient (Wildman–Crippen LogP) is 1.45. The number of nitrogens with one attached hydrogen (secondary N) is 1. The highest BCUT2D eigenvalue weighted by molar-refractivity contribution is 5.95. The van der Waals surface area contributed by atoms with Crippen LogP contribution in [-0.2, 0) is 6.42 Å². The molecule has 0 radical (unpaired) electrons. The summed E-state index contributed by atoms with van der Waals surface area (Å²) < 4.78 is 0. The standard InChI is InChI=1S/C16H18N4O/c1-9-13(8-18-10(2)19-9)16(21)20-14-7-11-5-3-4-6-12(11)15(14)17/h3-6,8,14-15H,7,17H2,1-2H3,(H,20,21)/t14-,15-/m1/s1. The summed E-state index contributed by atoms with van der Waals surface area (Å²) in [5.41, 5.74) is 9.73. The normalized spacial score (nSPS) is 20.1. The molecule has 5 heteroatoms. The van der Waals surface area contributed by atoms with Crippen molar-refractivity contribution in [3.63, 3.8) is 0 Å². The molecular weight excluding hydrogens is 264 g/mol. The maximum absolute atomic E-state index is 12.4. The number of aromatic nitrogens is 2. The van der Waals surface area contributed by atoms with Crippen molar-refractivity contribution in [1.29, 1.82) is 0 Å². The van der Waals surface area contributed by atoms with E-state index in [0.717, 1.165) is 12.0 Å². The monoisotopic (exact) mass is 282 g/mol. The molecule has 21 heavy (non-hydrogen) atoms. The van der Waals surface area contributed by atoms with Crippen molar-refractivity contribution in [2.24, 2.45) is 5.73 Å². The van der Waals surface area contributed by atoms with Gasteiger partial charge in [-0.15, -0.1) is 0 Å². The number of nitrogens with two attached hydrogens (primary N) is 1. The number of rotatable bonds is 2. The first-order valence-electron chi connectivity index (χ1n) is 7.00. The maximum Gasteiger partial charge on any atom is 0.254 e. The zero-order valence-electron chi connectivity index (χ0n) is 12.1. The number of amides is 1. The molecule has 2 atom stereocenters.